The molecule has 0 bridgehead atoms. The smallest absolute Gasteiger partial charge is 0.243 e. The monoisotopic (exact) mass is 410 g/mol. The van der Waals surface area contributed by atoms with Crippen molar-refractivity contribution < 1.29 is 8.42 Å². The number of hydrogen-bond acceptors (Lipinski definition) is 7. The van der Waals surface area contributed by atoms with Gasteiger partial charge in [0.05, 0.1) is 29.0 Å². The lowest BCUT2D eigenvalue weighted by Gasteiger charge is -2.24. The lowest BCUT2D eigenvalue weighted by molar-refractivity contribution is 0.390. The summed E-state index contributed by atoms with van der Waals surface area (Å²) in [6, 6.07) is 6.62. The van der Waals surface area contributed by atoms with Crippen LogP contribution in [0.2, 0.25) is 0 Å². The third-order valence-electron chi connectivity index (χ3n) is 5.09. The predicted octanol–water partition coefficient (Wildman–Crippen LogP) is 3.15. The first-order valence-corrected chi connectivity index (χ1v) is 10.8. The summed E-state index contributed by atoms with van der Waals surface area (Å²) in [5.74, 6) is 0.883. The molecule has 0 aliphatic carbocycles. The quantitative estimate of drug-likeness (QED) is 0.689. The van der Waals surface area contributed by atoms with Crippen molar-refractivity contribution in [2.75, 3.05) is 11.9 Å². The van der Waals surface area contributed by atoms with E-state index in [1.807, 2.05) is 19.9 Å². The molecule has 1 aliphatic heterocycles. The van der Waals surface area contributed by atoms with Crippen LogP contribution in [0.4, 0.5) is 11.8 Å². The van der Waals surface area contributed by atoms with Crippen LogP contribution >= 0.6 is 0 Å². The number of anilines is 2. The first-order chi connectivity index (χ1) is 13.9. The van der Waals surface area contributed by atoms with Crippen LogP contribution in [-0.4, -0.2) is 39.2 Å². The van der Waals surface area contributed by atoms with Gasteiger partial charge in [0.1, 0.15) is 0 Å². The Morgan fingerprint density at radius 3 is 2.66 bits per heavy atom. The number of rotatable bonds is 5. The molecule has 2 aromatic heterocycles. The molecule has 4 rings (SSSR count). The van der Waals surface area contributed by atoms with Gasteiger partial charge >= 0.3 is 0 Å². The van der Waals surface area contributed by atoms with Gasteiger partial charge in [-0.05, 0) is 56.0 Å². The summed E-state index contributed by atoms with van der Waals surface area (Å²) in [5.41, 5.74) is 2.63. The molecular formula is C20H22N6O2S. The van der Waals surface area contributed by atoms with Gasteiger partial charge in [0, 0.05) is 18.9 Å². The molecule has 0 radical (unpaired) electrons. The molecule has 0 spiro atoms. The molecule has 29 heavy (non-hydrogen) atoms. The van der Waals surface area contributed by atoms with Gasteiger partial charge in [0.2, 0.25) is 16.0 Å². The first kappa shape index (κ1) is 19.4. The van der Waals surface area contributed by atoms with E-state index >= 15 is 0 Å². The van der Waals surface area contributed by atoms with E-state index in [-0.39, 0.29) is 6.04 Å². The van der Waals surface area contributed by atoms with E-state index in [0.29, 0.717) is 35.3 Å². The van der Waals surface area contributed by atoms with Crippen LogP contribution in [0.1, 0.15) is 35.7 Å². The van der Waals surface area contributed by atoms with Crippen molar-refractivity contribution in [2.24, 2.45) is 0 Å². The van der Waals surface area contributed by atoms with Crippen LogP contribution in [0.25, 0.3) is 0 Å². The van der Waals surface area contributed by atoms with Crippen molar-refractivity contribution in [3.05, 3.63) is 65.9 Å². The maximum atomic E-state index is 13.3. The lowest BCUT2D eigenvalue weighted by atomic mass is 10.1. The number of benzene rings is 1. The largest absolute Gasteiger partial charge is 0.307 e. The van der Waals surface area contributed by atoms with Gasteiger partial charge in [-0.25, -0.2) is 23.4 Å². The molecule has 0 saturated carbocycles. The Labute approximate surface area is 170 Å². The molecule has 1 N–H and O–H groups in total. The van der Waals surface area contributed by atoms with Crippen molar-refractivity contribution in [2.45, 2.75) is 37.6 Å². The summed E-state index contributed by atoms with van der Waals surface area (Å²) in [6.07, 6.45) is 7.91. The number of hydrogen-bond donors (Lipinski definition) is 1. The highest BCUT2D eigenvalue weighted by Crippen LogP contribution is 2.36. The second kappa shape index (κ2) is 7.84. The molecule has 1 unspecified atom stereocenters. The highest BCUT2D eigenvalue weighted by atomic mass is 32.2. The van der Waals surface area contributed by atoms with Crippen LogP contribution in [0, 0.1) is 13.8 Å². The van der Waals surface area contributed by atoms with Crippen LogP contribution < -0.4 is 5.32 Å². The van der Waals surface area contributed by atoms with Crippen molar-refractivity contribution in [3.8, 4) is 0 Å². The Morgan fingerprint density at radius 2 is 1.90 bits per heavy atom. The number of nitrogens with one attached hydrogen (secondary N) is 1. The fourth-order valence-electron chi connectivity index (χ4n) is 3.41. The van der Waals surface area contributed by atoms with Crippen molar-refractivity contribution in [3.63, 3.8) is 0 Å². The molecule has 9 heteroatoms. The Morgan fingerprint density at radius 1 is 1.10 bits per heavy atom. The van der Waals surface area contributed by atoms with E-state index in [2.05, 4.69) is 25.3 Å². The molecule has 1 aromatic carbocycles. The van der Waals surface area contributed by atoms with Gasteiger partial charge in [0.15, 0.2) is 5.82 Å². The van der Waals surface area contributed by atoms with E-state index < -0.39 is 10.0 Å². The summed E-state index contributed by atoms with van der Waals surface area (Å²) >= 11 is 0. The molecule has 1 fully saturated rings. The van der Waals surface area contributed by atoms with Crippen LogP contribution in [0.3, 0.4) is 0 Å². The van der Waals surface area contributed by atoms with Gasteiger partial charge in [-0.3, -0.25) is 4.98 Å². The van der Waals surface area contributed by atoms with E-state index in [4.69, 9.17) is 0 Å². The minimum absolute atomic E-state index is 0.312. The van der Waals surface area contributed by atoms with Gasteiger partial charge in [-0.15, -0.1) is 0 Å². The summed E-state index contributed by atoms with van der Waals surface area (Å²) in [6.45, 7) is 4.35. The molecule has 3 aromatic rings. The fraction of sp³-hybridized carbons (Fsp3) is 0.300. The molecule has 1 atom stereocenters. The van der Waals surface area contributed by atoms with E-state index in [0.717, 1.165) is 17.5 Å². The number of nitrogens with zero attached hydrogens (tertiary/aromatic N) is 5. The average Bonchev–Trinajstić information content (AvgIpc) is 3.22. The Kier molecular flexibility index (Phi) is 5.25. The molecular weight excluding hydrogens is 388 g/mol. The van der Waals surface area contributed by atoms with E-state index in [1.54, 1.807) is 43.0 Å². The number of aryl methyl sites for hydroxylation is 2. The number of sulfonamides is 1. The Bertz CT molecular complexity index is 1120. The SMILES string of the molecule is Cc1ccc(S(=O)(=O)N2CCCC2c2cncc(Nc3ncccn3)n2)cc1C. The minimum atomic E-state index is -3.63. The van der Waals surface area contributed by atoms with Crippen molar-refractivity contribution >= 4 is 21.8 Å². The summed E-state index contributed by atoms with van der Waals surface area (Å²) < 4.78 is 28.1. The van der Waals surface area contributed by atoms with Crippen LogP contribution in [0.5, 0.6) is 0 Å². The summed E-state index contributed by atoms with van der Waals surface area (Å²) in [5, 5.41) is 3.00. The third-order valence-corrected chi connectivity index (χ3v) is 6.99. The van der Waals surface area contributed by atoms with Gasteiger partial charge in [0.25, 0.3) is 0 Å². The molecule has 1 saturated heterocycles. The average molecular weight is 411 g/mol. The van der Waals surface area contributed by atoms with Crippen LogP contribution in [0.15, 0.2) is 53.9 Å². The maximum Gasteiger partial charge on any atom is 0.243 e. The highest BCUT2D eigenvalue weighted by molar-refractivity contribution is 7.89. The van der Waals surface area contributed by atoms with E-state index in [9.17, 15) is 8.42 Å². The first-order valence-electron chi connectivity index (χ1n) is 9.40. The second-order valence-corrected chi connectivity index (χ2v) is 8.94. The van der Waals surface area contributed by atoms with Gasteiger partial charge < -0.3 is 5.32 Å². The van der Waals surface area contributed by atoms with Crippen molar-refractivity contribution in [1.29, 1.82) is 0 Å². The molecule has 3 heterocycles. The Hall–Kier alpha value is -2.91. The molecule has 150 valence electrons. The molecule has 0 amide bonds. The molecule has 8 nitrogen and oxygen atoms in total. The number of aromatic nitrogens is 4. The Balaban J connectivity index is 1.63. The highest BCUT2D eigenvalue weighted by Gasteiger charge is 2.37. The zero-order valence-corrected chi connectivity index (χ0v) is 17.1. The minimum Gasteiger partial charge on any atom is -0.307 e. The normalized spacial score (nSPS) is 17.4. The topological polar surface area (TPSA) is 101 Å². The van der Waals surface area contributed by atoms with Gasteiger partial charge in [-0.2, -0.15) is 4.31 Å². The maximum absolute atomic E-state index is 13.3. The zero-order chi connectivity index (χ0) is 20.4. The van der Waals surface area contributed by atoms with Crippen LogP contribution in [-0.2, 0) is 10.0 Å². The van der Waals surface area contributed by atoms with Crippen molar-refractivity contribution in [1.82, 2.24) is 24.2 Å². The molecule has 1 aliphatic rings. The second-order valence-electron chi connectivity index (χ2n) is 7.05. The third kappa shape index (κ3) is 3.96. The summed E-state index contributed by atoms with van der Waals surface area (Å²) in [4.78, 5) is 17.4. The van der Waals surface area contributed by atoms with Gasteiger partial charge in [-0.1, -0.05) is 6.07 Å². The lowest BCUT2D eigenvalue weighted by Crippen LogP contribution is -2.31. The summed E-state index contributed by atoms with van der Waals surface area (Å²) in [7, 11) is -3.63. The standard InChI is InChI=1S/C20H22N6O2S/c1-14-6-7-16(11-15(14)2)29(27,28)26-10-3-5-18(26)17-12-21-13-19(24-17)25-20-22-8-4-9-23-20/h4,6-9,11-13,18H,3,5,10H2,1-2H3,(H,22,23,24,25). The zero-order valence-electron chi connectivity index (χ0n) is 16.3. The predicted molar refractivity (Wildman–Crippen MR) is 109 cm³/mol. The fourth-order valence-corrected chi connectivity index (χ4v) is 5.17. The van der Waals surface area contributed by atoms with E-state index in [1.165, 1.54) is 4.31 Å².